The first kappa shape index (κ1) is 23.0. The predicted molar refractivity (Wildman–Crippen MR) is 129 cm³/mol. The van der Waals surface area contributed by atoms with Gasteiger partial charge in [0.1, 0.15) is 5.75 Å². The van der Waals surface area contributed by atoms with E-state index in [0.29, 0.717) is 5.56 Å². The van der Waals surface area contributed by atoms with Crippen LogP contribution in [0.5, 0.6) is 5.75 Å². The van der Waals surface area contributed by atoms with Gasteiger partial charge >= 0.3 is 0 Å². The largest absolute Gasteiger partial charge is 0.507 e. The SMILES string of the molecule is Oc1ccccc1-c1cc(-c2ccccc2)cc(-c2[c-]c(Sc3ccccn3)ccc2)n1.[Pt]. The Morgan fingerprint density at radius 3 is 2.24 bits per heavy atom. The molecule has 5 rings (SSSR count). The molecule has 3 nitrogen and oxygen atoms in total. The van der Waals surface area contributed by atoms with Gasteiger partial charge in [0.25, 0.3) is 0 Å². The first-order valence-corrected chi connectivity index (χ1v) is 11.1. The van der Waals surface area contributed by atoms with E-state index < -0.39 is 0 Å². The topological polar surface area (TPSA) is 46.0 Å². The summed E-state index contributed by atoms with van der Waals surface area (Å²) < 4.78 is 0. The van der Waals surface area contributed by atoms with E-state index in [0.717, 1.165) is 38.0 Å². The van der Waals surface area contributed by atoms with Gasteiger partial charge in [-0.3, -0.25) is 4.98 Å². The molecule has 5 heteroatoms. The Balaban J connectivity index is 0.00000259. The molecule has 1 N–H and O–H groups in total. The fourth-order valence-corrected chi connectivity index (χ4v) is 4.26. The number of nitrogens with zero attached hydrogens (tertiary/aromatic N) is 2. The molecule has 0 fully saturated rings. The Kier molecular flexibility index (Phi) is 7.39. The summed E-state index contributed by atoms with van der Waals surface area (Å²) in [5.41, 5.74) is 5.23. The number of hydrogen-bond donors (Lipinski definition) is 1. The zero-order valence-electron chi connectivity index (χ0n) is 17.5. The number of para-hydroxylation sites is 1. The molecule has 0 aliphatic heterocycles. The maximum atomic E-state index is 10.4. The number of pyridine rings is 2. The standard InChI is InChI=1S/C28H19N2OS.Pt/c31-27-14-5-4-13-24(27)26-19-22(20-9-2-1-3-10-20)18-25(30-26)21-11-8-12-23(17-21)32-28-15-6-7-16-29-28;/h1-16,18-19,31H;/q-1;. The molecule has 2 aromatic heterocycles. The third kappa shape index (κ3) is 5.42. The molecule has 0 saturated heterocycles. The summed E-state index contributed by atoms with van der Waals surface area (Å²) in [4.78, 5) is 10.3. The monoisotopic (exact) mass is 626 g/mol. The van der Waals surface area contributed by atoms with Crippen molar-refractivity contribution in [2.45, 2.75) is 9.92 Å². The van der Waals surface area contributed by atoms with E-state index >= 15 is 0 Å². The van der Waals surface area contributed by atoms with Crippen molar-refractivity contribution >= 4 is 11.8 Å². The second kappa shape index (κ2) is 10.6. The molecule has 0 amide bonds. The molecule has 0 atom stereocenters. The van der Waals surface area contributed by atoms with E-state index in [9.17, 15) is 5.11 Å². The predicted octanol–water partition coefficient (Wildman–Crippen LogP) is 7.13. The molecule has 33 heavy (non-hydrogen) atoms. The molecule has 2 heterocycles. The van der Waals surface area contributed by atoms with Crippen LogP contribution in [0, 0.1) is 6.07 Å². The summed E-state index contributed by atoms with van der Waals surface area (Å²) in [6.45, 7) is 0. The zero-order chi connectivity index (χ0) is 21.8. The summed E-state index contributed by atoms with van der Waals surface area (Å²) in [6.07, 6.45) is 1.79. The first-order chi connectivity index (χ1) is 15.8. The van der Waals surface area contributed by atoms with Crippen molar-refractivity contribution in [2.75, 3.05) is 0 Å². The van der Waals surface area contributed by atoms with Gasteiger partial charge < -0.3 is 5.11 Å². The van der Waals surface area contributed by atoms with Crippen LogP contribution in [-0.4, -0.2) is 15.1 Å². The third-order valence-electron chi connectivity index (χ3n) is 5.01. The normalized spacial score (nSPS) is 10.4. The van der Waals surface area contributed by atoms with E-state index in [1.54, 1.807) is 24.0 Å². The minimum Gasteiger partial charge on any atom is -0.507 e. The van der Waals surface area contributed by atoms with Crippen LogP contribution in [0.4, 0.5) is 0 Å². The fraction of sp³-hybridized carbons (Fsp3) is 0. The Morgan fingerprint density at radius 1 is 0.697 bits per heavy atom. The molecular weight excluding hydrogens is 607 g/mol. The molecule has 3 aromatic carbocycles. The molecule has 0 unspecified atom stereocenters. The van der Waals surface area contributed by atoms with Crippen LogP contribution in [0.1, 0.15) is 0 Å². The average molecular weight is 627 g/mol. The quantitative estimate of drug-likeness (QED) is 0.211. The molecule has 164 valence electrons. The van der Waals surface area contributed by atoms with E-state index in [1.807, 2.05) is 78.9 Å². The average Bonchev–Trinajstić information content (AvgIpc) is 2.85. The van der Waals surface area contributed by atoms with Crippen LogP contribution >= 0.6 is 11.8 Å². The number of phenols is 1. The van der Waals surface area contributed by atoms with Gasteiger partial charge in [0.15, 0.2) is 0 Å². The van der Waals surface area contributed by atoms with Crippen molar-refractivity contribution in [1.29, 1.82) is 0 Å². The number of hydrogen-bond acceptors (Lipinski definition) is 4. The van der Waals surface area contributed by atoms with Crippen LogP contribution in [-0.2, 0) is 21.1 Å². The van der Waals surface area contributed by atoms with E-state index in [2.05, 4.69) is 29.2 Å². The molecule has 0 aliphatic rings. The van der Waals surface area contributed by atoms with Gasteiger partial charge in [-0.25, -0.2) is 4.98 Å². The van der Waals surface area contributed by atoms with Gasteiger partial charge in [-0.05, 0) is 47.2 Å². The van der Waals surface area contributed by atoms with Gasteiger partial charge in [0, 0.05) is 32.8 Å². The number of aromatic hydroxyl groups is 1. The minimum atomic E-state index is 0. The van der Waals surface area contributed by atoms with Gasteiger partial charge in [0.2, 0.25) is 0 Å². The fourth-order valence-electron chi connectivity index (χ4n) is 3.47. The minimum absolute atomic E-state index is 0. The van der Waals surface area contributed by atoms with Crippen molar-refractivity contribution in [1.82, 2.24) is 9.97 Å². The second-order valence-corrected chi connectivity index (χ2v) is 8.27. The second-order valence-electron chi connectivity index (χ2n) is 7.21. The van der Waals surface area contributed by atoms with Crippen molar-refractivity contribution in [3.05, 3.63) is 115 Å². The van der Waals surface area contributed by atoms with Crippen LogP contribution in [0.25, 0.3) is 33.6 Å². The van der Waals surface area contributed by atoms with Crippen molar-refractivity contribution < 1.29 is 26.2 Å². The van der Waals surface area contributed by atoms with Crippen LogP contribution < -0.4 is 0 Å². The molecular formula is C28H19N2OPtS-. The van der Waals surface area contributed by atoms with Gasteiger partial charge in [-0.1, -0.05) is 71.3 Å². The first-order valence-electron chi connectivity index (χ1n) is 10.2. The van der Waals surface area contributed by atoms with Gasteiger partial charge in [0.05, 0.1) is 10.7 Å². The maximum absolute atomic E-state index is 10.4. The Labute approximate surface area is 211 Å². The third-order valence-corrected chi connectivity index (χ3v) is 5.92. The summed E-state index contributed by atoms with van der Waals surface area (Å²) in [7, 11) is 0. The van der Waals surface area contributed by atoms with Crippen molar-refractivity contribution in [3.63, 3.8) is 0 Å². The Hall–Kier alpha value is -3.20. The Bertz CT molecular complexity index is 1360. The van der Waals surface area contributed by atoms with Crippen LogP contribution in [0.15, 0.2) is 119 Å². The van der Waals surface area contributed by atoms with Crippen molar-refractivity contribution in [2.24, 2.45) is 0 Å². The molecule has 0 saturated carbocycles. The molecule has 0 radical (unpaired) electrons. The van der Waals surface area contributed by atoms with E-state index in [-0.39, 0.29) is 26.8 Å². The summed E-state index contributed by atoms with van der Waals surface area (Å²) in [5.74, 6) is 0.208. The molecule has 0 aliphatic carbocycles. The maximum Gasteiger partial charge on any atom is 0.124 e. The van der Waals surface area contributed by atoms with E-state index in [1.165, 1.54) is 0 Å². The number of benzene rings is 3. The van der Waals surface area contributed by atoms with Gasteiger partial charge in [-0.15, -0.1) is 29.8 Å². The number of phenolic OH excluding ortho intramolecular Hbond substituents is 1. The van der Waals surface area contributed by atoms with E-state index in [4.69, 9.17) is 4.98 Å². The molecule has 0 bridgehead atoms. The number of aromatic nitrogens is 2. The summed E-state index contributed by atoms with van der Waals surface area (Å²) >= 11 is 1.57. The van der Waals surface area contributed by atoms with Crippen LogP contribution in [0.3, 0.4) is 0 Å². The molecule has 0 spiro atoms. The number of rotatable bonds is 5. The summed E-state index contributed by atoms with van der Waals surface area (Å²) in [5, 5.41) is 11.4. The molecule has 5 aromatic rings. The zero-order valence-corrected chi connectivity index (χ0v) is 20.5. The van der Waals surface area contributed by atoms with Gasteiger partial charge in [-0.2, -0.15) is 0 Å². The Morgan fingerprint density at radius 2 is 1.45 bits per heavy atom. The smallest absolute Gasteiger partial charge is 0.124 e. The summed E-state index contributed by atoms with van der Waals surface area (Å²) in [6, 6.07) is 36.9. The van der Waals surface area contributed by atoms with Crippen LogP contribution in [0.2, 0.25) is 0 Å². The van der Waals surface area contributed by atoms with Crippen molar-refractivity contribution in [3.8, 4) is 39.4 Å².